The molecule has 3 rings (SSSR count). The van der Waals surface area contributed by atoms with Gasteiger partial charge in [-0.15, -0.1) is 0 Å². The van der Waals surface area contributed by atoms with Crippen LogP contribution < -0.4 is 10.1 Å². The number of benzene rings is 2. The molecule has 3 aromatic rings. The van der Waals surface area contributed by atoms with E-state index in [9.17, 15) is 4.79 Å². The topological polar surface area (TPSA) is 64.4 Å². The molecule has 5 nitrogen and oxygen atoms in total. The lowest BCUT2D eigenvalue weighted by atomic mass is 10.2. The first kappa shape index (κ1) is 12.2. The summed E-state index contributed by atoms with van der Waals surface area (Å²) in [6.45, 7) is 0.421. The van der Waals surface area contributed by atoms with E-state index in [0.717, 1.165) is 10.9 Å². The summed E-state index contributed by atoms with van der Waals surface area (Å²) in [5.74, 6) is 0.416. The molecule has 2 aromatic carbocycles. The predicted octanol–water partition coefficient (Wildman–Crippen LogP) is 3.12. The molecule has 5 heteroatoms. The summed E-state index contributed by atoms with van der Waals surface area (Å²) >= 11 is 0. The first-order valence-corrected chi connectivity index (χ1v) is 6.15. The highest BCUT2D eigenvalue weighted by atomic mass is 16.6. The molecular formula is C15H12N2O3. The summed E-state index contributed by atoms with van der Waals surface area (Å²) in [7, 11) is 0. The number of nitrogens with zero attached hydrogens (tertiary/aromatic N) is 1. The van der Waals surface area contributed by atoms with E-state index >= 15 is 0 Å². The summed E-state index contributed by atoms with van der Waals surface area (Å²) in [6.07, 6.45) is 1.10. The van der Waals surface area contributed by atoms with Gasteiger partial charge < -0.3 is 14.6 Å². The number of carbonyl (C=O) groups excluding carboxylic acids is 1. The molecule has 0 radical (unpaired) electrons. The van der Waals surface area contributed by atoms with Gasteiger partial charge in [0.15, 0.2) is 5.58 Å². The number of aromatic nitrogens is 1. The van der Waals surface area contributed by atoms with Crippen molar-refractivity contribution < 1.29 is 14.1 Å². The normalized spacial score (nSPS) is 10.4. The fraction of sp³-hybridized carbons (Fsp3) is 0.0667. The highest BCUT2D eigenvalue weighted by molar-refractivity contribution is 5.79. The van der Waals surface area contributed by atoms with Gasteiger partial charge in [0.2, 0.25) is 0 Å². The smallest absolute Gasteiger partial charge is 0.410 e. The number of hydrogen-bond acceptors (Lipinski definition) is 4. The van der Waals surface area contributed by atoms with Gasteiger partial charge in [-0.1, -0.05) is 35.5 Å². The molecule has 0 aliphatic carbocycles. The summed E-state index contributed by atoms with van der Waals surface area (Å²) in [6, 6.07) is 14.7. The molecule has 1 aromatic heterocycles. The van der Waals surface area contributed by atoms with E-state index in [1.807, 2.05) is 30.3 Å². The fourth-order valence-corrected chi connectivity index (χ4v) is 1.82. The van der Waals surface area contributed by atoms with Crippen LogP contribution in [0.25, 0.3) is 11.0 Å². The highest BCUT2D eigenvalue weighted by Crippen LogP contribution is 2.20. The van der Waals surface area contributed by atoms with Crippen molar-refractivity contribution in [3.63, 3.8) is 0 Å². The molecule has 0 aliphatic heterocycles. The number of fused-ring (bicyclic) bond motifs is 1. The zero-order chi connectivity index (χ0) is 13.8. The number of rotatable bonds is 3. The predicted molar refractivity (Wildman–Crippen MR) is 73.3 cm³/mol. The van der Waals surface area contributed by atoms with Gasteiger partial charge in [-0.3, -0.25) is 0 Å². The van der Waals surface area contributed by atoms with Crippen molar-refractivity contribution in [3.05, 3.63) is 60.3 Å². The van der Waals surface area contributed by atoms with Gasteiger partial charge in [0.1, 0.15) is 5.75 Å². The lowest BCUT2D eigenvalue weighted by Gasteiger charge is -2.06. The van der Waals surface area contributed by atoms with Gasteiger partial charge in [-0.2, -0.15) is 0 Å². The molecule has 100 valence electrons. The van der Waals surface area contributed by atoms with Crippen molar-refractivity contribution in [1.29, 1.82) is 0 Å². The Kier molecular flexibility index (Phi) is 3.33. The number of nitrogens with one attached hydrogen (secondary N) is 1. The van der Waals surface area contributed by atoms with Crippen LogP contribution in [0.15, 0.2) is 59.3 Å². The Morgan fingerprint density at radius 3 is 2.90 bits per heavy atom. The first-order valence-electron chi connectivity index (χ1n) is 6.15. The molecular weight excluding hydrogens is 256 g/mol. The molecule has 0 saturated heterocycles. The third kappa shape index (κ3) is 2.77. The van der Waals surface area contributed by atoms with Crippen LogP contribution in [0.4, 0.5) is 4.79 Å². The van der Waals surface area contributed by atoms with Crippen LogP contribution in [0.1, 0.15) is 5.56 Å². The van der Waals surface area contributed by atoms with Crippen LogP contribution in [0.2, 0.25) is 0 Å². The summed E-state index contributed by atoms with van der Waals surface area (Å²) < 4.78 is 10.2. The van der Waals surface area contributed by atoms with Gasteiger partial charge in [0.25, 0.3) is 0 Å². The average Bonchev–Trinajstić information content (AvgIpc) is 2.94. The quantitative estimate of drug-likeness (QED) is 0.792. The van der Waals surface area contributed by atoms with Crippen LogP contribution in [0.5, 0.6) is 5.75 Å². The number of amides is 1. The molecule has 0 bridgehead atoms. The highest BCUT2D eigenvalue weighted by Gasteiger charge is 2.06. The zero-order valence-electron chi connectivity index (χ0n) is 10.6. The molecule has 0 saturated carbocycles. The molecule has 1 N–H and O–H groups in total. The first-order chi connectivity index (χ1) is 9.81. The van der Waals surface area contributed by atoms with E-state index in [1.54, 1.807) is 24.4 Å². The van der Waals surface area contributed by atoms with Crippen molar-refractivity contribution in [1.82, 2.24) is 10.5 Å². The lowest BCUT2D eigenvalue weighted by molar-refractivity contribution is 0.200. The number of carbonyl (C=O) groups is 1. The Balaban J connectivity index is 1.61. The summed E-state index contributed by atoms with van der Waals surface area (Å²) in [5, 5.41) is 7.21. The number of ether oxygens (including phenoxy) is 1. The van der Waals surface area contributed by atoms with Crippen LogP contribution in [-0.2, 0) is 6.54 Å². The second-order valence-electron chi connectivity index (χ2n) is 4.25. The van der Waals surface area contributed by atoms with E-state index in [0.29, 0.717) is 17.9 Å². The molecule has 1 amide bonds. The molecule has 0 spiro atoms. The van der Waals surface area contributed by atoms with Gasteiger partial charge >= 0.3 is 6.09 Å². The van der Waals surface area contributed by atoms with E-state index in [4.69, 9.17) is 9.26 Å². The third-order valence-electron chi connectivity index (χ3n) is 2.82. The lowest BCUT2D eigenvalue weighted by Crippen LogP contribution is -2.26. The molecule has 0 unspecified atom stereocenters. The Hall–Kier alpha value is -2.82. The maximum atomic E-state index is 11.7. The van der Waals surface area contributed by atoms with E-state index in [1.165, 1.54) is 0 Å². The van der Waals surface area contributed by atoms with Crippen LogP contribution in [0, 0.1) is 0 Å². The standard InChI is InChI=1S/C15H12N2O3/c18-15(16-9-11-4-2-1-3-5-11)19-13-7-6-12-10-17-20-14(12)8-13/h1-8,10H,9H2,(H,16,18). The maximum absolute atomic E-state index is 11.7. The van der Waals surface area contributed by atoms with Crippen LogP contribution in [0.3, 0.4) is 0 Å². The summed E-state index contributed by atoms with van der Waals surface area (Å²) in [4.78, 5) is 11.7. The Labute approximate surface area is 115 Å². The Bertz CT molecular complexity index is 722. The number of hydrogen-bond donors (Lipinski definition) is 1. The molecule has 0 aliphatic rings. The van der Waals surface area contributed by atoms with E-state index < -0.39 is 6.09 Å². The van der Waals surface area contributed by atoms with E-state index in [-0.39, 0.29) is 0 Å². The van der Waals surface area contributed by atoms with Crippen molar-refractivity contribution >= 4 is 17.1 Å². The minimum absolute atomic E-state index is 0.416. The largest absolute Gasteiger partial charge is 0.412 e. The average molecular weight is 268 g/mol. The van der Waals surface area contributed by atoms with E-state index in [2.05, 4.69) is 10.5 Å². The second-order valence-corrected chi connectivity index (χ2v) is 4.25. The van der Waals surface area contributed by atoms with Crippen molar-refractivity contribution in [2.24, 2.45) is 0 Å². The maximum Gasteiger partial charge on any atom is 0.412 e. The van der Waals surface area contributed by atoms with Gasteiger partial charge in [0.05, 0.1) is 6.20 Å². The van der Waals surface area contributed by atoms with Crippen LogP contribution >= 0.6 is 0 Å². The van der Waals surface area contributed by atoms with Gasteiger partial charge in [-0.05, 0) is 17.7 Å². The Morgan fingerprint density at radius 2 is 2.05 bits per heavy atom. The third-order valence-corrected chi connectivity index (χ3v) is 2.82. The van der Waals surface area contributed by atoms with Crippen molar-refractivity contribution in [2.45, 2.75) is 6.54 Å². The molecule has 0 atom stereocenters. The Morgan fingerprint density at radius 1 is 1.20 bits per heavy atom. The SMILES string of the molecule is O=C(NCc1ccccc1)Oc1ccc2cnoc2c1. The zero-order valence-corrected chi connectivity index (χ0v) is 10.6. The summed E-state index contributed by atoms with van der Waals surface area (Å²) in [5.41, 5.74) is 1.59. The fourth-order valence-electron chi connectivity index (χ4n) is 1.82. The minimum atomic E-state index is -0.507. The monoisotopic (exact) mass is 268 g/mol. The van der Waals surface area contributed by atoms with Gasteiger partial charge in [0, 0.05) is 18.0 Å². The molecule has 0 fully saturated rings. The van der Waals surface area contributed by atoms with Gasteiger partial charge in [-0.25, -0.2) is 4.79 Å². The minimum Gasteiger partial charge on any atom is -0.410 e. The van der Waals surface area contributed by atoms with Crippen LogP contribution in [-0.4, -0.2) is 11.2 Å². The second kappa shape index (κ2) is 5.44. The van der Waals surface area contributed by atoms with Crippen molar-refractivity contribution in [3.8, 4) is 5.75 Å². The molecule has 20 heavy (non-hydrogen) atoms. The molecule has 1 heterocycles. The van der Waals surface area contributed by atoms with Crippen molar-refractivity contribution in [2.75, 3.05) is 0 Å².